The standard InChI is InChI=1S/C17H18BrNO5S/c1-3-6-24-17(20)13-7-12(9-19-10-13)11-25(21,22)16-8-14(18)4-5-15(16)23-2/h4-5,7-10H,3,6,11H2,1-2H3. The molecule has 0 bridgehead atoms. The van der Waals surface area contributed by atoms with Crippen molar-refractivity contribution in [2.75, 3.05) is 13.7 Å². The third-order valence-corrected chi connectivity index (χ3v) is 5.48. The van der Waals surface area contributed by atoms with Gasteiger partial charge in [0, 0.05) is 16.9 Å². The lowest BCUT2D eigenvalue weighted by Crippen LogP contribution is -2.10. The van der Waals surface area contributed by atoms with Crippen molar-refractivity contribution in [3.8, 4) is 5.75 Å². The predicted molar refractivity (Wildman–Crippen MR) is 96.4 cm³/mol. The third kappa shape index (κ3) is 5.02. The van der Waals surface area contributed by atoms with Gasteiger partial charge in [0.1, 0.15) is 10.6 Å². The first kappa shape index (κ1) is 19.4. The molecule has 0 N–H and O–H groups in total. The lowest BCUT2D eigenvalue weighted by Gasteiger charge is -2.10. The van der Waals surface area contributed by atoms with Crippen LogP contribution < -0.4 is 4.74 Å². The minimum atomic E-state index is -3.69. The van der Waals surface area contributed by atoms with Crippen LogP contribution in [0.2, 0.25) is 0 Å². The first-order valence-electron chi connectivity index (χ1n) is 7.54. The van der Waals surface area contributed by atoms with Crippen molar-refractivity contribution < 1.29 is 22.7 Å². The number of rotatable bonds is 7. The van der Waals surface area contributed by atoms with Crippen molar-refractivity contribution in [1.82, 2.24) is 4.98 Å². The zero-order valence-electron chi connectivity index (χ0n) is 13.9. The molecule has 0 amide bonds. The average molecular weight is 428 g/mol. The van der Waals surface area contributed by atoms with E-state index in [1.807, 2.05) is 6.92 Å². The maximum Gasteiger partial charge on any atom is 0.339 e. The van der Waals surface area contributed by atoms with Crippen molar-refractivity contribution in [2.45, 2.75) is 24.0 Å². The van der Waals surface area contributed by atoms with Crippen LogP contribution in [0.4, 0.5) is 0 Å². The van der Waals surface area contributed by atoms with Gasteiger partial charge in [-0.1, -0.05) is 22.9 Å². The lowest BCUT2D eigenvalue weighted by molar-refractivity contribution is 0.0504. The van der Waals surface area contributed by atoms with Gasteiger partial charge in [-0.15, -0.1) is 0 Å². The molecule has 1 aromatic heterocycles. The summed E-state index contributed by atoms with van der Waals surface area (Å²) in [6.45, 7) is 2.19. The highest BCUT2D eigenvalue weighted by atomic mass is 79.9. The Bertz CT molecular complexity index is 867. The van der Waals surface area contributed by atoms with Crippen LogP contribution >= 0.6 is 15.9 Å². The van der Waals surface area contributed by atoms with E-state index in [2.05, 4.69) is 20.9 Å². The second-order valence-corrected chi connectivity index (χ2v) is 8.15. The summed E-state index contributed by atoms with van der Waals surface area (Å²) >= 11 is 3.26. The maximum atomic E-state index is 12.7. The molecular weight excluding hydrogens is 410 g/mol. The van der Waals surface area contributed by atoms with Gasteiger partial charge in [0.2, 0.25) is 0 Å². The molecule has 0 atom stereocenters. The molecule has 0 saturated carbocycles. The fraction of sp³-hybridized carbons (Fsp3) is 0.294. The van der Waals surface area contributed by atoms with Crippen LogP contribution in [0.15, 0.2) is 46.0 Å². The summed E-state index contributed by atoms with van der Waals surface area (Å²) in [5.74, 6) is -0.565. The Morgan fingerprint density at radius 1 is 1.24 bits per heavy atom. The van der Waals surface area contributed by atoms with Crippen LogP contribution in [0.1, 0.15) is 29.3 Å². The summed E-state index contributed by atoms with van der Waals surface area (Å²) in [6.07, 6.45) is 3.47. The quantitative estimate of drug-likeness (QED) is 0.629. The smallest absolute Gasteiger partial charge is 0.339 e. The Balaban J connectivity index is 2.30. The van der Waals surface area contributed by atoms with Gasteiger partial charge in [0.15, 0.2) is 9.84 Å². The number of carbonyl (C=O) groups excluding carboxylic acids is 1. The fourth-order valence-corrected chi connectivity index (χ4v) is 4.18. The largest absolute Gasteiger partial charge is 0.495 e. The van der Waals surface area contributed by atoms with Gasteiger partial charge in [-0.05, 0) is 36.2 Å². The number of esters is 1. The SMILES string of the molecule is CCCOC(=O)c1cncc(CS(=O)(=O)c2cc(Br)ccc2OC)c1. The van der Waals surface area contributed by atoms with Crippen molar-refractivity contribution in [3.63, 3.8) is 0 Å². The number of ether oxygens (including phenoxy) is 2. The highest BCUT2D eigenvalue weighted by Gasteiger charge is 2.21. The first-order valence-corrected chi connectivity index (χ1v) is 9.99. The van der Waals surface area contributed by atoms with E-state index in [1.54, 1.807) is 12.1 Å². The van der Waals surface area contributed by atoms with Crippen molar-refractivity contribution in [2.24, 2.45) is 0 Å². The van der Waals surface area contributed by atoms with E-state index in [0.29, 0.717) is 23.1 Å². The van der Waals surface area contributed by atoms with Gasteiger partial charge in [0.25, 0.3) is 0 Å². The number of hydrogen-bond donors (Lipinski definition) is 0. The second-order valence-electron chi connectivity index (χ2n) is 5.27. The van der Waals surface area contributed by atoms with E-state index in [9.17, 15) is 13.2 Å². The number of halogens is 1. The minimum Gasteiger partial charge on any atom is -0.495 e. The first-order chi connectivity index (χ1) is 11.9. The number of hydrogen-bond acceptors (Lipinski definition) is 6. The van der Waals surface area contributed by atoms with E-state index in [0.717, 1.165) is 0 Å². The number of carbonyl (C=O) groups is 1. The Morgan fingerprint density at radius 2 is 2.00 bits per heavy atom. The van der Waals surface area contributed by atoms with Crippen molar-refractivity contribution in [3.05, 3.63) is 52.3 Å². The predicted octanol–water partition coefficient (Wildman–Crippen LogP) is 3.39. The molecule has 1 aromatic carbocycles. The van der Waals surface area contributed by atoms with Gasteiger partial charge < -0.3 is 9.47 Å². The average Bonchev–Trinajstić information content (AvgIpc) is 2.59. The summed E-state index contributed by atoms with van der Waals surface area (Å²) in [6, 6.07) is 6.24. The lowest BCUT2D eigenvalue weighted by atomic mass is 10.2. The van der Waals surface area contributed by atoms with Gasteiger partial charge in [-0.3, -0.25) is 4.98 Å². The molecule has 0 radical (unpaired) electrons. The number of nitrogens with zero attached hydrogens (tertiary/aromatic N) is 1. The molecule has 8 heteroatoms. The molecule has 0 aliphatic heterocycles. The summed E-state index contributed by atoms with van der Waals surface area (Å²) in [5.41, 5.74) is 0.621. The molecule has 0 saturated heterocycles. The zero-order chi connectivity index (χ0) is 18.4. The molecule has 0 unspecified atom stereocenters. The highest BCUT2D eigenvalue weighted by molar-refractivity contribution is 9.10. The third-order valence-electron chi connectivity index (χ3n) is 3.29. The molecule has 25 heavy (non-hydrogen) atoms. The summed E-state index contributed by atoms with van der Waals surface area (Å²) in [4.78, 5) is 15.9. The number of pyridine rings is 1. The Hall–Kier alpha value is -1.93. The van der Waals surface area contributed by atoms with Crippen molar-refractivity contribution in [1.29, 1.82) is 0 Å². The zero-order valence-corrected chi connectivity index (χ0v) is 16.3. The Labute approximate surface area is 155 Å². The summed E-state index contributed by atoms with van der Waals surface area (Å²) in [7, 11) is -2.27. The van der Waals surface area contributed by atoms with Gasteiger partial charge in [-0.25, -0.2) is 13.2 Å². The summed E-state index contributed by atoms with van der Waals surface area (Å²) < 4.78 is 36.3. The highest BCUT2D eigenvalue weighted by Crippen LogP contribution is 2.29. The number of aromatic nitrogens is 1. The van der Waals surface area contributed by atoms with Crippen LogP contribution in [-0.2, 0) is 20.3 Å². The Kier molecular flexibility index (Phi) is 6.55. The molecule has 0 aliphatic carbocycles. The van der Waals surface area contributed by atoms with Gasteiger partial charge >= 0.3 is 5.97 Å². The normalized spacial score (nSPS) is 11.2. The minimum absolute atomic E-state index is 0.0725. The van der Waals surface area contributed by atoms with Crippen LogP contribution in [0.25, 0.3) is 0 Å². The van der Waals surface area contributed by atoms with Gasteiger partial charge in [0.05, 0.1) is 25.0 Å². The molecule has 2 aromatic rings. The summed E-state index contributed by atoms with van der Waals surface area (Å²) in [5, 5.41) is 0. The molecule has 0 aliphatic rings. The van der Waals surface area contributed by atoms with Crippen LogP contribution in [0, 0.1) is 0 Å². The van der Waals surface area contributed by atoms with Gasteiger partial charge in [-0.2, -0.15) is 0 Å². The van der Waals surface area contributed by atoms with Crippen LogP contribution in [-0.4, -0.2) is 33.1 Å². The van der Waals surface area contributed by atoms with E-state index >= 15 is 0 Å². The monoisotopic (exact) mass is 427 g/mol. The molecule has 6 nitrogen and oxygen atoms in total. The van der Waals surface area contributed by atoms with E-state index in [1.165, 1.54) is 31.6 Å². The fourth-order valence-electron chi connectivity index (χ4n) is 2.15. The Morgan fingerprint density at radius 3 is 2.68 bits per heavy atom. The maximum absolute atomic E-state index is 12.7. The van der Waals surface area contributed by atoms with E-state index in [4.69, 9.17) is 9.47 Å². The number of benzene rings is 1. The van der Waals surface area contributed by atoms with Crippen LogP contribution in [0.5, 0.6) is 5.75 Å². The topological polar surface area (TPSA) is 82.6 Å². The van der Waals surface area contributed by atoms with E-state index in [-0.39, 0.29) is 22.0 Å². The number of sulfone groups is 1. The van der Waals surface area contributed by atoms with Crippen molar-refractivity contribution >= 4 is 31.7 Å². The molecular formula is C17H18BrNO5S. The van der Waals surface area contributed by atoms with E-state index < -0.39 is 15.8 Å². The molecule has 1 heterocycles. The number of methoxy groups -OCH3 is 1. The second kappa shape index (κ2) is 8.44. The molecule has 2 rings (SSSR count). The van der Waals surface area contributed by atoms with Crippen LogP contribution in [0.3, 0.4) is 0 Å². The molecule has 0 spiro atoms. The molecule has 0 fully saturated rings. The molecule has 134 valence electrons.